The number of nitro groups is 1. The fourth-order valence-electron chi connectivity index (χ4n) is 2.79. The van der Waals surface area contributed by atoms with Crippen molar-refractivity contribution in [3.05, 3.63) is 68.4 Å². The molecule has 3 aromatic rings. The quantitative estimate of drug-likeness (QED) is 0.325. The van der Waals surface area contributed by atoms with Gasteiger partial charge in [-0.1, -0.05) is 5.16 Å². The number of nitro benzene ring substituents is 1. The molecule has 0 saturated carbocycles. The highest BCUT2D eigenvalue weighted by molar-refractivity contribution is 6.16. The summed E-state index contributed by atoms with van der Waals surface area (Å²) in [5, 5.41) is 24.2. The summed E-state index contributed by atoms with van der Waals surface area (Å²) in [6.07, 6.45) is 1.51. The van der Waals surface area contributed by atoms with Crippen molar-refractivity contribution < 1.29 is 14.9 Å². The van der Waals surface area contributed by atoms with Crippen molar-refractivity contribution in [2.45, 2.75) is 0 Å². The van der Waals surface area contributed by atoms with Crippen LogP contribution in [0.25, 0.3) is 16.7 Å². The SMILES string of the molecule is O=c1c2cccnc2nc2n1-c1ccc([N+](=O)[O-])cc1C2=NOCCO. The average Bonchev–Trinajstić information content (AvgIpc) is 2.95. The van der Waals surface area contributed by atoms with Gasteiger partial charge in [0.1, 0.15) is 6.61 Å². The van der Waals surface area contributed by atoms with E-state index in [4.69, 9.17) is 9.94 Å². The average molecular weight is 353 g/mol. The molecule has 0 bridgehead atoms. The molecular weight excluding hydrogens is 342 g/mol. The Bertz CT molecular complexity index is 1140. The third-order valence-electron chi connectivity index (χ3n) is 3.88. The van der Waals surface area contributed by atoms with Gasteiger partial charge >= 0.3 is 0 Å². The first-order valence-corrected chi connectivity index (χ1v) is 7.60. The number of rotatable bonds is 4. The monoisotopic (exact) mass is 353 g/mol. The normalized spacial score (nSPS) is 13.7. The van der Waals surface area contributed by atoms with Gasteiger partial charge in [-0.25, -0.2) is 9.97 Å². The second kappa shape index (κ2) is 6.01. The number of non-ortho nitro benzene ring substituents is 1. The van der Waals surface area contributed by atoms with Crippen LogP contribution >= 0.6 is 0 Å². The fraction of sp³-hybridized carbons (Fsp3) is 0.125. The molecular formula is C16H11N5O5. The second-order valence-electron chi connectivity index (χ2n) is 5.41. The maximum absolute atomic E-state index is 12.9. The third kappa shape index (κ3) is 2.31. The standard InChI is InChI=1S/C16H11N5O5/c22-6-7-26-19-13-11-8-9(21(24)25)3-4-12(11)20-15(13)18-14-10(16(20)23)2-1-5-17-14/h1-5,8,22H,6-7H2. The molecule has 0 atom stereocenters. The van der Waals surface area contributed by atoms with Crippen LogP contribution < -0.4 is 5.56 Å². The van der Waals surface area contributed by atoms with Crippen molar-refractivity contribution in [1.29, 1.82) is 0 Å². The maximum Gasteiger partial charge on any atom is 0.270 e. The van der Waals surface area contributed by atoms with Crippen LogP contribution in [0, 0.1) is 10.1 Å². The third-order valence-corrected chi connectivity index (χ3v) is 3.88. The maximum atomic E-state index is 12.9. The molecule has 130 valence electrons. The molecule has 0 amide bonds. The summed E-state index contributed by atoms with van der Waals surface area (Å²) in [7, 11) is 0. The number of aliphatic hydroxyl groups is 1. The van der Waals surface area contributed by atoms with E-state index in [2.05, 4.69) is 15.1 Å². The lowest BCUT2D eigenvalue weighted by Gasteiger charge is -2.05. The van der Waals surface area contributed by atoms with Gasteiger partial charge in [0.05, 0.1) is 22.6 Å². The molecule has 0 saturated heterocycles. The predicted octanol–water partition coefficient (Wildman–Crippen LogP) is 0.764. The van der Waals surface area contributed by atoms with E-state index in [1.807, 2.05) is 0 Å². The van der Waals surface area contributed by atoms with Crippen molar-refractivity contribution in [3.63, 3.8) is 0 Å². The minimum Gasteiger partial charge on any atom is -0.393 e. The Labute approximate surface area is 145 Å². The van der Waals surface area contributed by atoms with E-state index in [0.29, 0.717) is 16.6 Å². The summed E-state index contributed by atoms with van der Waals surface area (Å²) in [5.41, 5.74) is 0.655. The van der Waals surface area contributed by atoms with Crippen molar-refractivity contribution in [2.75, 3.05) is 13.2 Å². The number of oxime groups is 1. The molecule has 4 rings (SSSR count). The lowest BCUT2D eigenvalue weighted by atomic mass is 10.1. The van der Waals surface area contributed by atoms with Gasteiger partial charge in [-0.3, -0.25) is 19.5 Å². The predicted molar refractivity (Wildman–Crippen MR) is 90.5 cm³/mol. The summed E-state index contributed by atoms with van der Waals surface area (Å²) in [5.74, 6) is 0.176. The van der Waals surface area contributed by atoms with E-state index in [0.717, 1.165) is 0 Å². The van der Waals surface area contributed by atoms with Crippen LogP contribution in [0.3, 0.4) is 0 Å². The van der Waals surface area contributed by atoms with E-state index in [9.17, 15) is 14.9 Å². The molecule has 1 N–H and O–H groups in total. The van der Waals surface area contributed by atoms with E-state index >= 15 is 0 Å². The topological polar surface area (TPSA) is 133 Å². The Balaban J connectivity index is 2.03. The number of aromatic nitrogens is 3. The van der Waals surface area contributed by atoms with Crippen LogP contribution in [0.15, 0.2) is 46.5 Å². The summed E-state index contributed by atoms with van der Waals surface area (Å²) in [6, 6.07) is 7.32. The highest BCUT2D eigenvalue weighted by Crippen LogP contribution is 2.30. The van der Waals surface area contributed by atoms with E-state index in [1.54, 1.807) is 12.1 Å². The molecule has 26 heavy (non-hydrogen) atoms. The minimum absolute atomic E-state index is 0.0657. The van der Waals surface area contributed by atoms with Gasteiger partial charge in [-0.05, 0) is 18.2 Å². The van der Waals surface area contributed by atoms with Gasteiger partial charge in [0, 0.05) is 23.9 Å². The number of benzene rings is 1. The molecule has 1 aliphatic rings. The molecule has 10 heteroatoms. The Kier molecular flexibility index (Phi) is 3.66. The molecule has 2 aromatic heterocycles. The number of fused-ring (bicyclic) bond motifs is 4. The first-order chi connectivity index (χ1) is 12.6. The zero-order valence-electron chi connectivity index (χ0n) is 13.2. The molecule has 0 fully saturated rings. The molecule has 1 aliphatic heterocycles. The Morgan fingerprint density at radius 3 is 2.96 bits per heavy atom. The molecule has 0 spiro atoms. The van der Waals surface area contributed by atoms with Gasteiger partial charge in [0.25, 0.3) is 11.2 Å². The highest BCUT2D eigenvalue weighted by atomic mass is 16.6. The number of pyridine rings is 1. The molecule has 0 aliphatic carbocycles. The molecule has 1 aromatic carbocycles. The fourth-order valence-corrected chi connectivity index (χ4v) is 2.79. The number of hydrogen-bond donors (Lipinski definition) is 1. The number of hydrogen-bond acceptors (Lipinski definition) is 8. The van der Waals surface area contributed by atoms with Crippen LogP contribution in [0.2, 0.25) is 0 Å². The van der Waals surface area contributed by atoms with E-state index in [-0.39, 0.29) is 41.6 Å². The van der Waals surface area contributed by atoms with Gasteiger partial charge in [-0.2, -0.15) is 0 Å². The van der Waals surface area contributed by atoms with Crippen LogP contribution in [-0.2, 0) is 4.84 Å². The lowest BCUT2D eigenvalue weighted by Crippen LogP contribution is -2.22. The van der Waals surface area contributed by atoms with Gasteiger partial charge in [0.15, 0.2) is 17.2 Å². The number of aliphatic hydroxyl groups excluding tert-OH is 1. The van der Waals surface area contributed by atoms with Crippen LogP contribution in [-0.4, -0.2) is 43.5 Å². The van der Waals surface area contributed by atoms with E-state index < -0.39 is 4.92 Å². The Morgan fingerprint density at radius 2 is 2.19 bits per heavy atom. The smallest absolute Gasteiger partial charge is 0.270 e. The van der Waals surface area contributed by atoms with Crippen molar-refractivity contribution >= 4 is 22.4 Å². The highest BCUT2D eigenvalue weighted by Gasteiger charge is 2.31. The second-order valence-corrected chi connectivity index (χ2v) is 5.41. The molecule has 0 unspecified atom stereocenters. The number of nitrogens with zero attached hydrogens (tertiary/aromatic N) is 5. The lowest BCUT2D eigenvalue weighted by molar-refractivity contribution is -0.384. The Hall–Kier alpha value is -3.66. The summed E-state index contributed by atoms with van der Waals surface area (Å²) in [4.78, 5) is 36.9. The zero-order chi connectivity index (χ0) is 18.3. The van der Waals surface area contributed by atoms with Gasteiger partial charge < -0.3 is 9.94 Å². The van der Waals surface area contributed by atoms with Crippen LogP contribution in [0.1, 0.15) is 11.4 Å². The van der Waals surface area contributed by atoms with Gasteiger partial charge in [-0.15, -0.1) is 0 Å². The first-order valence-electron chi connectivity index (χ1n) is 7.60. The van der Waals surface area contributed by atoms with Crippen LogP contribution in [0.4, 0.5) is 5.69 Å². The van der Waals surface area contributed by atoms with Gasteiger partial charge in [0.2, 0.25) is 0 Å². The summed E-state index contributed by atoms with van der Waals surface area (Å²) >= 11 is 0. The summed E-state index contributed by atoms with van der Waals surface area (Å²) < 4.78 is 1.32. The molecule has 3 heterocycles. The zero-order valence-corrected chi connectivity index (χ0v) is 13.2. The molecule has 0 radical (unpaired) electrons. The minimum atomic E-state index is -0.538. The van der Waals surface area contributed by atoms with Crippen molar-refractivity contribution in [1.82, 2.24) is 14.5 Å². The summed E-state index contributed by atoms with van der Waals surface area (Å²) in [6.45, 7) is -0.318. The Morgan fingerprint density at radius 1 is 1.35 bits per heavy atom. The van der Waals surface area contributed by atoms with E-state index in [1.165, 1.54) is 29.0 Å². The van der Waals surface area contributed by atoms with Crippen molar-refractivity contribution in [3.8, 4) is 5.69 Å². The first kappa shape index (κ1) is 15.8. The molecule has 10 nitrogen and oxygen atoms in total. The van der Waals surface area contributed by atoms with Crippen molar-refractivity contribution in [2.24, 2.45) is 5.16 Å². The van der Waals surface area contributed by atoms with Crippen LogP contribution in [0.5, 0.6) is 0 Å². The largest absolute Gasteiger partial charge is 0.393 e.